The van der Waals surface area contributed by atoms with Gasteiger partial charge in [-0.3, -0.25) is 0 Å². The van der Waals surface area contributed by atoms with Crippen molar-refractivity contribution in [2.45, 2.75) is 82.8 Å². The minimum atomic E-state index is -5.03. The van der Waals surface area contributed by atoms with E-state index < -0.39 is 25.7 Å². The first-order valence-corrected chi connectivity index (χ1v) is 12.8. The minimum Gasteiger partial charge on any atom is -0.542 e. The van der Waals surface area contributed by atoms with E-state index in [1.807, 2.05) is 5.92 Å². The molecule has 0 bridgehead atoms. The van der Waals surface area contributed by atoms with Crippen LogP contribution < -0.4 is 10.2 Å². The summed E-state index contributed by atoms with van der Waals surface area (Å²) >= 11 is 6.37. The summed E-state index contributed by atoms with van der Waals surface area (Å²) in [7, 11) is -2.40. The number of anilines is 1. The summed E-state index contributed by atoms with van der Waals surface area (Å²) in [6.07, 6.45) is -3.56. The molecule has 3 N–H and O–H groups in total. The summed E-state index contributed by atoms with van der Waals surface area (Å²) in [6, 6.07) is 2.34. The first-order chi connectivity index (χ1) is 13.7. The summed E-state index contributed by atoms with van der Waals surface area (Å²) in [6.45, 7) is 12.5. The van der Waals surface area contributed by atoms with Crippen LogP contribution in [0.25, 0.3) is 0 Å². The standard InChI is InChI=1S/C22H31ClF3NO2Si/c1-13(2)30(14(3)4,15(5)6)29-20-12-19(27)17(11-18(20)23)21(28,22(24,25)26)10-9-16-7-8-16/h11-16,28H,7-8,27H2,1-6H3. The maximum Gasteiger partial charge on any atom is 0.433 e. The first kappa shape index (κ1) is 24.9. The third kappa shape index (κ3) is 4.61. The summed E-state index contributed by atoms with van der Waals surface area (Å²) in [5, 5.41) is 10.5. The SMILES string of the molecule is CC(C)[Si](Oc1cc(N)c(C(O)(C#CC2CC2)C(F)(F)F)cc1Cl)(C(C)C)C(C)C. The average Bonchev–Trinajstić information content (AvgIpc) is 3.42. The van der Waals surface area contributed by atoms with Crippen LogP contribution in [0.4, 0.5) is 18.9 Å². The zero-order valence-corrected chi connectivity index (χ0v) is 20.1. The van der Waals surface area contributed by atoms with Crippen LogP contribution >= 0.6 is 11.6 Å². The number of alkyl halides is 3. The Morgan fingerprint density at radius 2 is 1.60 bits per heavy atom. The van der Waals surface area contributed by atoms with E-state index in [2.05, 4.69) is 47.5 Å². The largest absolute Gasteiger partial charge is 0.542 e. The van der Waals surface area contributed by atoms with Crippen molar-refractivity contribution >= 4 is 25.6 Å². The van der Waals surface area contributed by atoms with E-state index in [0.29, 0.717) is 0 Å². The number of aliphatic hydroxyl groups is 1. The summed E-state index contributed by atoms with van der Waals surface area (Å²) in [4.78, 5) is 0. The maximum atomic E-state index is 13.8. The molecule has 1 atom stereocenters. The van der Waals surface area contributed by atoms with Crippen molar-refractivity contribution in [3.05, 3.63) is 22.7 Å². The molecule has 0 heterocycles. The van der Waals surface area contributed by atoms with E-state index >= 15 is 0 Å². The van der Waals surface area contributed by atoms with E-state index in [4.69, 9.17) is 21.8 Å². The normalized spacial score (nSPS) is 17.1. The van der Waals surface area contributed by atoms with Crippen LogP contribution in [0.1, 0.15) is 59.9 Å². The topological polar surface area (TPSA) is 55.5 Å². The number of nitrogens with two attached hydrogens (primary N) is 1. The lowest BCUT2D eigenvalue weighted by molar-refractivity contribution is -0.240. The second kappa shape index (κ2) is 8.64. The number of nitrogen functional groups attached to an aromatic ring is 1. The highest BCUT2D eigenvalue weighted by Gasteiger charge is 2.56. The Morgan fingerprint density at radius 1 is 1.10 bits per heavy atom. The van der Waals surface area contributed by atoms with Gasteiger partial charge in [0.25, 0.3) is 8.32 Å². The van der Waals surface area contributed by atoms with E-state index in [9.17, 15) is 18.3 Å². The van der Waals surface area contributed by atoms with Crippen LogP contribution in [-0.4, -0.2) is 19.6 Å². The van der Waals surface area contributed by atoms with Gasteiger partial charge in [-0.1, -0.05) is 65.0 Å². The van der Waals surface area contributed by atoms with Gasteiger partial charge in [0, 0.05) is 23.2 Å². The predicted octanol–water partition coefficient (Wildman–Crippen LogP) is 6.64. The smallest absolute Gasteiger partial charge is 0.433 e. The fourth-order valence-electron chi connectivity index (χ4n) is 4.23. The van der Waals surface area contributed by atoms with E-state index in [1.165, 1.54) is 6.07 Å². The van der Waals surface area contributed by atoms with E-state index in [1.54, 1.807) is 0 Å². The summed E-state index contributed by atoms with van der Waals surface area (Å²) in [5.41, 5.74) is 2.52. The van der Waals surface area contributed by atoms with Crippen LogP contribution in [0, 0.1) is 17.8 Å². The number of halogens is 4. The van der Waals surface area contributed by atoms with Crippen molar-refractivity contribution in [1.82, 2.24) is 0 Å². The van der Waals surface area contributed by atoms with Gasteiger partial charge in [0.2, 0.25) is 5.60 Å². The molecule has 1 unspecified atom stereocenters. The number of hydrogen-bond acceptors (Lipinski definition) is 3. The zero-order chi connectivity index (χ0) is 23.1. The molecule has 0 amide bonds. The molecule has 0 aromatic heterocycles. The van der Waals surface area contributed by atoms with Crippen molar-refractivity contribution in [3.63, 3.8) is 0 Å². The monoisotopic (exact) mass is 461 g/mol. The maximum absolute atomic E-state index is 13.8. The number of hydrogen-bond donors (Lipinski definition) is 2. The Labute approximate surface area is 183 Å². The fourth-order valence-corrected chi connectivity index (χ4v) is 9.75. The van der Waals surface area contributed by atoms with Gasteiger partial charge in [0.05, 0.1) is 5.02 Å². The molecule has 0 aliphatic heterocycles. The Hall–Kier alpha value is -1.36. The van der Waals surface area contributed by atoms with Gasteiger partial charge >= 0.3 is 6.18 Å². The van der Waals surface area contributed by atoms with Crippen molar-refractivity contribution in [3.8, 4) is 17.6 Å². The van der Waals surface area contributed by atoms with Gasteiger partial charge < -0.3 is 15.3 Å². The average molecular weight is 462 g/mol. The zero-order valence-electron chi connectivity index (χ0n) is 18.3. The Bertz CT molecular complexity index is 819. The molecule has 1 saturated carbocycles. The molecule has 1 fully saturated rings. The molecule has 0 saturated heterocycles. The molecule has 1 aromatic rings. The van der Waals surface area contributed by atoms with Gasteiger partial charge in [0.1, 0.15) is 5.75 Å². The van der Waals surface area contributed by atoms with Crippen molar-refractivity contribution in [2.75, 3.05) is 5.73 Å². The van der Waals surface area contributed by atoms with Gasteiger partial charge in [-0.2, -0.15) is 13.2 Å². The Kier molecular flexibility index (Phi) is 7.17. The van der Waals surface area contributed by atoms with Crippen LogP contribution in [0.3, 0.4) is 0 Å². The summed E-state index contributed by atoms with van der Waals surface area (Å²) in [5.74, 6) is 4.65. The molecule has 168 valence electrons. The van der Waals surface area contributed by atoms with E-state index in [-0.39, 0.29) is 39.0 Å². The molecule has 8 heteroatoms. The molecule has 1 aliphatic rings. The molecule has 3 nitrogen and oxygen atoms in total. The van der Waals surface area contributed by atoms with Crippen LogP contribution in [0.2, 0.25) is 21.6 Å². The molecular weight excluding hydrogens is 431 g/mol. The lowest BCUT2D eigenvalue weighted by atomic mass is 9.91. The highest BCUT2D eigenvalue weighted by molar-refractivity contribution is 6.78. The molecule has 1 aliphatic carbocycles. The number of benzene rings is 1. The van der Waals surface area contributed by atoms with Crippen molar-refractivity contribution in [1.29, 1.82) is 0 Å². The third-order valence-corrected chi connectivity index (χ3v) is 12.2. The highest BCUT2D eigenvalue weighted by Crippen LogP contribution is 2.47. The molecule has 1 aromatic carbocycles. The van der Waals surface area contributed by atoms with Gasteiger partial charge in [-0.05, 0) is 35.5 Å². The lowest BCUT2D eigenvalue weighted by Crippen LogP contribution is -2.50. The van der Waals surface area contributed by atoms with Crippen LogP contribution in [-0.2, 0) is 5.60 Å². The number of rotatable bonds is 6. The molecule has 0 radical (unpaired) electrons. The Morgan fingerprint density at radius 3 is 2.00 bits per heavy atom. The molecule has 30 heavy (non-hydrogen) atoms. The van der Waals surface area contributed by atoms with Gasteiger partial charge in [-0.15, -0.1) is 0 Å². The van der Waals surface area contributed by atoms with Gasteiger partial charge in [-0.25, -0.2) is 0 Å². The molecule has 0 spiro atoms. The van der Waals surface area contributed by atoms with Crippen LogP contribution in [0.15, 0.2) is 12.1 Å². The van der Waals surface area contributed by atoms with E-state index in [0.717, 1.165) is 18.9 Å². The minimum absolute atomic E-state index is 0.0195. The third-order valence-electron chi connectivity index (χ3n) is 5.93. The predicted molar refractivity (Wildman–Crippen MR) is 118 cm³/mol. The second-order valence-corrected chi connectivity index (χ2v) is 14.8. The second-order valence-electron chi connectivity index (χ2n) is 9.04. The molecular formula is C22H31ClF3NO2Si. The quantitative estimate of drug-likeness (QED) is 0.283. The van der Waals surface area contributed by atoms with Crippen molar-refractivity contribution < 1.29 is 22.7 Å². The van der Waals surface area contributed by atoms with Crippen molar-refractivity contribution in [2.24, 2.45) is 5.92 Å². The Balaban J connectivity index is 2.57. The fraction of sp³-hybridized carbons (Fsp3) is 0.636. The molecule has 2 rings (SSSR count). The van der Waals surface area contributed by atoms with Crippen LogP contribution in [0.5, 0.6) is 5.75 Å². The first-order valence-electron chi connectivity index (χ1n) is 10.3. The lowest BCUT2D eigenvalue weighted by Gasteiger charge is -2.42. The highest BCUT2D eigenvalue weighted by atomic mass is 35.5. The summed E-state index contributed by atoms with van der Waals surface area (Å²) < 4.78 is 47.8. The van der Waals surface area contributed by atoms with Gasteiger partial charge in [0.15, 0.2) is 0 Å².